The standard InChI is InChI=1S/C24H25N7O4/c1-33-13-14-34-12-11-31-16-20(23(30-31)18-5-2-3-9-26-18)29-24(32)19-6-4-7-22(28-19)35-17-8-10-27-21(25)15-17/h2-10,15-16H,11-14H2,1H3,(H2,25,27)(H,29,32). The van der Waals surface area contributed by atoms with Crippen molar-refractivity contribution in [2.24, 2.45) is 0 Å². The maximum Gasteiger partial charge on any atom is 0.274 e. The molecule has 4 aromatic heterocycles. The van der Waals surface area contributed by atoms with E-state index in [9.17, 15) is 4.79 Å². The van der Waals surface area contributed by atoms with Gasteiger partial charge in [-0.3, -0.25) is 14.5 Å². The summed E-state index contributed by atoms with van der Waals surface area (Å²) in [6.45, 7) is 1.95. The van der Waals surface area contributed by atoms with Gasteiger partial charge in [0.25, 0.3) is 5.91 Å². The Morgan fingerprint density at radius 2 is 1.97 bits per heavy atom. The summed E-state index contributed by atoms with van der Waals surface area (Å²) in [5.41, 5.74) is 7.53. The normalized spacial score (nSPS) is 10.8. The molecule has 0 spiro atoms. The molecular weight excluding hydrogens is 450 g/mol. The molecule has 4 rings (SSSR count). The summed E-state index contributed by atoms with van der Waals surface area (Å²) < 4.78 is 17.9. The number of aromatic nitrogens is 5. The number of ether oxygens (including phenoxy) is 3. The van der Waals surface area contributed by atoms with Gasteiger partial charge in [-0.25, -0.2) is 9.97 Å². The first kappa shape index (κ1) is 23.8. The summed E-state index contributed by atoms with van der Waals surface area (Å²) in [5.74, 6) is 0.614. The molecule has 0 saturated carbocycles. The molecule has 0 fully saturated rings. The van der Waals surface area contributed by atoms with E-state index in [2.05, 4.69) is 25.4 Å². The Labute approximate surface area is 201 Å². The summed E-state index contributed by atoms with van der Waals surface area (Å²) in [4.78, 5) is 25.6. The molecule has 0 atom stereocenters. The Bertz CT molecular complexity index is 1260. The zero-order valence-corrected chi connectivity index (χ0v) is 19.1. The molecule has 0 radical (unpaired) electrons. The first-order chi connectivity index (χ1) is 17.1. The van der Waals surface area contributed by atoms with Gasteiger partial charge in [0.1, 0.15) is 23.0 Å². The lowest BCUT2D eigenvalue weighted by Crippen LogP contribution is -2.14. The van der Waals surface area contributed by atoms with Gasteiger partial charge in [-0.2, -0.15) is 5.10 Å². The topological polar surface area (TPSA) is 139 Å². The van der Waals surface area contributed by atoms with Gasteiger partial charge < -0.3 is 25.3 Å². The molecule has 0 aromatic carbocycles. The van der Waals surface area contributed by atoms with Gasteiger partial charge in [-0.1, -0.05) is 12.1 Å². The number of nitrogens with zero attached hydrogens (tertiary/aromatic N) is 5. The summed E-state index contributed by atoms with van der Waals surface area (Å²) in [6, 6.07) is 13.6. The van der Waals surface area contributed by atoms with Crippen LogP contribution in [0, 0.1) is 0 Å². The van der Waals surface area contributed by atoms with Crippen LogP contribution < -0.4 is 15.8 Å². The summed E-state index contributed by atoms with van der Waals surface area (Å²) in [5, 5.41) is 7.48. The number of carbonyl (C=O) groups is 1. The van der Waals surface area contributed by atoms with Gasteiger partial charge in [-0.15, -0.1) is 0 Å². The van der Waals surface area contributed by atoms with Crippen molar-refractivity contribution in [3.8, 4) is 23.0 Å². The molecule has 0 saturated heterocycles. The zero-order valence-electron chi connectivity index (χ0n) is 19.1. The number of nitrogens with two attached hydrogens (primary N) is 1. The van der Waals surface area contributed by atoms with Gasteiger partial charge in [0.05, 0.1) is 37.7 Å². The van der Waals surface area contributed by atoms with Crippen LogP contribution in [-0.2, 0) is 16.0 Å². The Morgan fingerprint density at radius 3 is 2.77 bits per heavy atom. The molecule has 180 valence electrons. The van der Waals surface area contributed by atoms with E-state index in [-0.39, 0.29) is 11.6 Å². The van der Waals surface area contributed by atoms with Crippen LogP contribution in [0.5, 0.6) is 11.6 Å². The van der Waals surface area contributed by atoms with Gasteiger partial charge in [0.2, 0.25) is 5.88 Å². The first-order valence-electron chi connectivity index (χ1n) is 10.9. The van der Waals surface area contributed by atoms with Gasteiger partial charge in [0.15, 0.2) is 0 Å². The minimum atomic E-state index is -0.419. The van der Waals surface area contributed by atoms with Crippen LogP contribution in [0.1, 0.15) is 10.5 Å². The predicted octanol–water partition coefficient (Wildman–Crippen LogP) is 3.02. The number of rotatable bonds is 11. The number of anilines is 2. The highest BCUT2D eigenvalue weighted by Crippen LogP contribution is 2.26. The van der Waals surface area contributed by atoms with Crippen molar-refractivity contribution in [2.45, 2.75) is 6.54 Å². The van der Waals surface area contributed by atoms with E-state index in [1.807, 2.05) is 18.2 Å². The molecule has 4 heterocycles. The number of carbonyl (C=O) groups excluding carboxylic acids is 1. The van der Waals surface area contributed by atoms with Crippen LogP contribution >= 0.6 is 0 Å². The van der Waals surface area contributed by atoms with Crippen molar-refractivity contribution >= 4 is 17.4 Å². The van der Waals surface area contributed by atoms with E-state index in [0.717, 1.165) is 0 Å². The average molecular weight is 476 g/mol. The molecule has 11 nitrogen and oxygen atoms in total. The highest BCUT2D eigenvalue weighted by atomic mass is 16.5. The Balaban J connectivity index is 1.50. The zero-order chi connectivity index (χ0) is 24.5. The third-order valence-electron chi connectivity index (χ3n) is 4.75. The van der Waals surface area contributed by atoms with Gasteiger partial charge >= 0.3 is 0 Å². The second kappa shape index (κ2) is 11.7. The van der Waals surface area contributed by atoms with E-state index in [0.29, 0.717) is 55.0 Å². The average Bonchev–Trinajstić information content (AvgIpc) is 3.27. The molecule has 0 bridgehead atoms. The van der Waals surface area contributed by atoms with Crippen LogP contribution in [0.4, 0.5) is 11.5 Å². The third kappa shape index (κ3) is 6.59. The fraction of sp³-hybridized carbons (Fsp3) is 0.208. The largest absolute Gasteiger partial charge is 0.439 e. The minimum Gasteiger partial charge on any atom is -0.439 e. The first-order valence-corrected chi connectivity index (χ1v) is 10.9. The smallest absolute Gasteiger partial charge is 0.274 e. The molecule has 0 aliphatic carbocycles. The van der Waals surface area contributed by atoms with Crippen LogP contribution in [0.2, 0.25) is 0 Å². The monoisotopic (exact) mass is 475 g/mol. The molecule has 1 amide bonds. The van der Waals surface area contributed by atoms with Crippen molar-refractivity contribution in [1.29, 1.82) is 0 Å². The molecule has 3 N–H and O–H groups in total. The van der Waals surface area contributed by atoms with Crippen LogP contribution in [0.3, 0.4) is 0 Å². The molecule has 4 aromatic rings. The second-order valence-corrected chi connectivity index (χ2v) is 7.31. The minimum absolute atomic E-state index is 0.173. The number of hydrogen-bond donors (Lipinski definition) is 2. The Morgan fingerprint density at radius 1 is 1.06 bits per heavy atom. The highest BCUT2D eigenvalue weighted by Gasteiger charge is 2.17. The van der Waals surface area contributed by atoms with Gasteiger partial charge in [0, 0.05) is 37.8 Å². The van der Waals surface area contributed by atoms with Crippen molar-refractivity contribution < 1.29 is 19.0 Å². The van der Waals surface area contributed by atoms with E-state index >= 15 is 0 Å². The van der Waals surface area contributed by atoms with Crippen molar-refractivity contribution in [3.63, 3.8) is 0 Å². The summed E-state index contributed by atoms with van der Waals surface area (Å²) in [7, 11) is 1.62. The number of amides is 1. The Kier molecular flexibility index (Phi) is 7.94. The quantitative estimate of drug-likeness (QED) is 0.313. The molecule has 35 heavy (non-hydrogen) atoms. The van der Waals surface area contributed by atoms with Gasteiger partial charge in [-0.05, 0) is 24.3 Å². The fourth-order valence-electron chi connectivity index (χ4n) is 3.12. The lowest BCUT2D eigenvalue weighted by Gasteiger charge is -2.08. The number of nitrogens with one attached hydrogen (secondary N) is 1. The van der Waals surface area contributed by atoms with Crippen LogP contribution in [-0.4, -0.2) is 57.6 Å². The summed E-state index contributed by atoms with van der Waals surface area (Å²) >= 11 is 0. The van der Waals surface area contributed by atoms with E-state index in [1.165, 1.54) is 6.20 Å². The van der Waals surface area contributed by atoms with Crippen molar-refractivity contribution in [2.75, 3.05) is 38.0 Å². The second-order valence-electron chi connectivity index (χ2n) is 7.31. The molecule has 0 unspecified atom stereocenters. The third-order valence-corrected chi connectivity index (χ3v) is 4.75. The molecule has 0 aliphatic rings. The SMILES string of the molecule is COCCOCCn1cc(NC(=O)c2cccc(Oc3ccnc(N)c3)n2)c(-c2ccccn2)n1. The van der Waals surface area contributed by atoms with Crippen LogP contribution in [0.15, 0.2) is 67.1 Å². The van der Waals surface area contributed by atoms with Crippen LogP contribution in [0.25, 0.3) is 11.4 Å². The van der Waals surface area contributed by atoms with Crippen molar-refractivity contribution in [1.82, 2.24) is 24.7 Å². The number of methoxy groups -OCH3 is 1. The number of hydrogen-bond acceptors (Lipinski definition) is 9. The fourth-order valence-corrected chi connectivity index (χ4v) is 3.12. The highest BCUT2D eigenvalue weighted by molar-refractivity contribution is 6.04. The molecule has 11 heteroatoms. The van der Waals surface area contributed by atoms with E-state index in [1.54, 1.807) is 54.5 Å². The maximum atomic E-state index is 13.0. The molecular formula is C24H25N7O4. The van der Waals surface area contributed by atoms with E-state index < -0.39 is 5.91 Å². The maximum absolute atomic E-state index is 13.0. The lowest BCUT2D eigenvalue weighted by molar-refractivity contribution is 0.0654. The Hall–Kier alpha value is -4.35. The molecule has 0 aliphatic heterocycles. The number of pyridine rings is 3. The van der Waals surface area contributed by atoms with Crippen molar-refractivity contribution in [3.05, 3.63) is 72.8 Å². The van der Waals surface area contributed by atoms with E-state index in [4.69, 9.17) is 19.9 Å². The summed E-state index contributed by atoms with van der Waals surface area (Å²) in [6.07, 6.45) is 4.93. The predicted molar refractivity (Wildman–Crippen MR) is 129 cm³/mol. The number of nitrogen functional groups attached to an aromatic ring is 1. The lowest BCUT2D eigenvalue weighted by atomic mass is 10.2.